The number of aromatic nitrogens is 1. The molecule has 0 aliphatic carbocycles. The molecule has 6 nitrogen and oxygen atoms in total. The van der Waals surface area contributed by atoms with Gasteiger partial charge in [0.15, 0.2) is 0 Å². The molecule has 0 bridgehead atoms. The molecule has 144 valence electrons. The summed E-state index contributed by atoms with van der Waals surface area (Å²) in [5.41, 5.74) is 2.47. The highest BCUT2D eigenvalue weighted by Gasteiger charge is 2.08. The Morgan fingerprint density at radius 3 is 2.46 bits per heavy atom. The van der Waals surface area contributed by atoms with Gasteiger partial charge >= 0.3 is 0 Å². The first-order valence-corrected chi connectivity index (χ1v) is 9.62. The van der Waals surface area contributed by atoms with Crippen LogP contribution in [0.2, 0.25) is 0 Å². The van der Waals surface area contributed by atoms with Crippen LogP contribution in [0.5, 0.6) is 5.75 Å². The standard InChI is InChI=1S/C21H20N2O4S/c24-19(11-20-23-17(14-28-20)10-21(25)26)22-12-15-6-8-18(9-7-15)27-13-16-4-2-1-3-5-16/h1-9,14H,10-13H2,(H,22,24)(H,25,26)/p-1. The number of aliphatic carboxylic acids is 1. The molecule has 1 aromatic heterocycles. The van der Waals surface area contributed by atoms with E-state index in [1.54, 1.807) is 5.38 Å². The molecule has 1 N–H and O–H groups in total. The van der Waals surface area contributed by atoms with Crippen LogP contribution >= 0.6 is 11.3 Å². The predicted octanol–water partition coefficient (Wildman–Crippen LogP) is 1.87. The van der Waals surface area contributed by atoms with E-state index >= 15 is 0 Å². The van der Waals surface area contributed by atoms with Gasteiger partial charge in [-0.05, 0) is 23.3 Å². The van der Waals surface area contributed by atoms with Crippen molar-refractivity contribution in [2.45, 2.75) is 26.0 Å². The largest absolute Gasteiger partial charge is 0.550 e. The monoisotopic (exact) mass is 395 g/mol. The van der Waals surface area contributed by atoms with Crippen LogP contribution in [-0.2, 0) is 35.6 Å². The lowest BCUT2D eigenvalue weighted by Gasteiger charge is -2.08. The van der Waals surface area contributed by atoms with Gasteiger partial charge in [0.2, 0.25) is 5.91 Å². The first kappa shape index (κ1) is 19.6. The van der Waals surface area contributed by atoms with Gasteiger partial charge in [-0.25, -0.2) is 4.98 Å². The smallest absolute Gasteiger partial charge is 0.227 e. The SMILES string of the molecule is O=C([O-])Cc1csc(CC(=O)NCc2ccc(OCc3ccccc3)cc2)n1. The maximum absolute atomic E-state index is 12.0. The number of carboxylic acid groups (broad SMARTS) is 1. The van der Waals surface area contributed by atoms with Gasteiger partial charge in [0.05, 0.1) is 12.1 Å². The Hall–Kier alpha value is -3.19. The number of amides is 1. The second-order valence-electron chi connectivity index (χ2n) is 6.15. The van der Waals surface area contributed by atoms with Crippen molar-refractivity contribution in [1.82, 2.24) is 10.3 Å². The minimum absolute atomic E-state index is 0.121. The van der Waals surface area contributed by atoms with Crippen LogP contribution in [0, 0.1) is 0 Å². The molecule has 28 heavy (non-hydrogen) atoms. The third-order valence-electron chi connectivity index (χ3n) is 3.90. The highest BCUT2D eigenvalue weighted by Crippen LogP contribution is 2.15. The van der Waals surface area contributed by atoms with E-state index in [4.69, 9.17) is 4.74 Å². The highest BCUT2D eigenvalue weighted by molar-refractivity contribution is 7.09. The molecule has 2 aromatic carbocycles. The van der Waals surface area contributed by atoms with Crippen LogP contribution in [0.25, 0.3) is 0 Å². The van der Waals surface area contributed by atoms with Crippen molar-refractivity contribution in [3.05, 3.63) is 81.8 Å². The first-order valence-electron chi connectivity index (χ1n) is 8.74. The van der Waals surface area contributed by atoms with E-state index in [0.29, 0.717) is 23.9 Å². The number of hydrogen-bond acceptors (Lipinski definition) is 6. The van der Waals surface area contributed by atoms with Gasteiger partial charge in [0.25, 0.3) is 0 Å². The molecule has 3 rings (SSSR count). The molecular weight excluding hydrogens is 376 g/mol. The first-order chi connectivity index (χ1) is 13.6. The quantitative estimate of drug-likeness (QED) is 0.597. The molecular formula is C21H19N2O4S-. The third kappa shape index (κ3) is 6.21. The zero-order valence-electron chi connectivity index (χ0n) is 15.1. The summed E-state index contributed by atoms with van der Waals surface area (Å²) in [4.78, 5) is 26.7. The Morgan fingerprint density at radius 1 is 1.00 bits per heavy atom. The maximum atomic E-state index is 12.0. The zero-order valence-corrected chi connectivity index (χ0v) is 15.9. The van der Waals surface area contributed by atoms with E-state index < -0.39 is 5.97 Å². The summed E-state index contributed by atoms with van der Waals surface area (Å²) < 4.78 is 5.74. The zero-order chi connectivity index (χ0) is 19.8. The van der Waals surface area contributed by atoms with Crippen molar-refractivity contribution in [3.63, 3.8) is 0 Å². The number of benzene rings is 2. The normalized spacial score (nSPS) is 10.4. The van der Waals surface area contributed by atoms with E-state index in [1.165, 1.54) is 11.3 Å². The Balaban J connectivity index is 1.43. The number of hydrogen-bond donors (Lipinski definition) is 1. The van der Waals surface area contributed by atoms with E-state index in [9.17, 15) is 14.7 Å². The van der Waals surface area contributed by atoms with Crippen molar-refractivity contribution in [2.75, 3.05) is 0 Å². The van der Waals surface area contributed by atoms with Crippen LogP contribution in [-0.4, -0.2) is 16.9 Å². The maximum Gasteiger partial charge on any atom is 0.227 e. The molecule has 7 heteroatoms. The number of carbonyl (C=O) groups is 2. The molecule has 0 aliphatic rings. The summed E-state index contributed by atoms with van der Waals surface area (Å²) >= 11 is 1.27. The summed E-state index contributed by atoms with van der Waals surface area (Å²) in [7, 11) is 0. The van der Waals surface area contributed by atoms with E-state index in [-0.39, 0.29) is 18.7 Å². The van der Waals surface area contributed by atoms with Crippen molar-refractivity contribution in [2.24, 2.45) is 0 Å². The molecule has 0 spiro atoms. The van der Waals surface area contributed by atoms with E-state index in [1.807, 2.05) is 54.6 Å². The van der Waals surface area contributed by atoms with Gasteiger partial charge < -0.3 is 20.0 Å². The molecule has 0 saturated heterocycles. The minimum Gasteiger partial charge on any atom is -0.550 e. The molecule has 0 radical (unpaired) electrons. The van der Waals surface area contributed by atoms with E-state index in [2.05, 4.69) is 10.3 Å². The molecule has 0 atom stereocenters. The lowest BCUT2D eigenvalue weighted by Crippen LogP contribution is -2.25. The molecule has 0 fully saturated rings. The van der Waals surface area contributed by atoms with Crippen molar-refractivity contribution in [3.8, 4) is 5.75 Å². The molecule has 0 aliphatic heterocycles. The molecule has 3 aromatic rings. The fourth-order valence-corrected chi connectivity index (χ4v) is 3.30. The number of ether oxygens (including phenoxy) is 1. The average molecular weight is 395 g/mol. The van der Waals surface area contributed by atoms with Crippen molar-refractivity contribution < 1.29 is 19.4 Å². The van der Waals surface area contributed by atoms with Crippen LogP contribution in [0.4, 0.5) is 0 Å². The number of carbonyl (C=O) groups excluding carboxylic acids is 2. The van der Waals surface area contributed by atoms with Crippen LogP contribution in [0.1, 0.15) is 21.8 Å². The molecule has 0 saturated carbocycles. The van der Waals surface area contributed by atoms with Crippen molar-refractivity contribution in [1.29, 1.82) is 0 Å². The Bertz CT molecular complexity index is 923. The van der Waals surface area contributed by atoms with Gasteiger partial charge in [0.1, 0.15) is 17.4 Å². The van der Waals surface area contributed by atoms with Crippen molar-refractivity contribution >= 4 is 23.2 Å². The summed E-state index contributed by atoms with van der Waals surface area (Å²) in [5.74, 6) is -0.585. The second-order valence-corrected chi connectivity index (χ2v) is 7.10. The summed E-state index contributed by atoms with van der Waals surface area (Å²) in [5, 5.41) is 15.6. The lowest BCUT2D eigenvalue weighted by molar-refractivity contribution is -0.304. The average Bonchev–Trinajstić information content (AvgIpc) is 3.12. The van der Waals surface area contributed by atoms with Gasteiger partial charge in [-0.15, -0.1) is 11.3 Å². The molecule has 1 amide bonds. The minimum atomic E-state index is -1.18. The van der Waals surface area contributed by atoms with Crippen LogP contribution < -0.4 is 15.2 Å². The van der Waals surface area contributed by atoms with Crippen LogP contribution in [0.15, 0.2) is 60.0 Å². The topological polar surface area (TPSA) is 91.3 Å². The summed E-state index contributed by atoms with van der Waals surface area (Å²) in [6.45, 7) is 0.903. The second kappa shape index (κ2) is 9.66. The highest BCUT2D eigenvalue weighted by atomic mass is 32.1. The number of nitrogens with zero attached hydrogens (tertiary/aromatic N) is 1. The number of rotatable bonds is 9. The summed E-state index contributed by atoms with van der Waals surface area (Å²) in [6, 6.07) is 17.5. The van der Waals surface area contributed by atoms with Gasteiger partial charge in [-0.2, -0.15) is 0 Å². The fourth-order valence-electron chi connectivity index (χ4n) is 2.50. The van der Waals surface area contributed by atoms with Gasteiger partial charge in [0, 0.05) is 24.3 Å². The third-order valence-corrected chi connectivity index (χ3v) is 4.80. The summed E-state index contributed by atoms with van der Waals surface area (Å²) in [6.07, 6.45) is -0.118. The van der Waals surface area contributed by atoms with Crippen LogP contribution in [0.3, 0.4) is 0 Å². The molecule has 0 unspecified atom stereocenters. The van der Waals surface area contributed by atoms with Gasteiger partial charge in [-0.1, -0.05) is 42.5 Å². The van der Waals surface area contributed by atoms with E-state index in [0.717, 1.165) is 16.9 Å². The Morgan fingerprint density at radius 2 is 1.75 bits per heavy atom. The number of nitrogens with one attached hydrogen (secondary N) is 1. The Kier molecular flexibility index (Phi) is 6.75. The Labute approximate surface area is 166 Å². The number of thiazole rings is 1. The van der Waals surface area contributed by atoms with Gasteiger partial charge in [-0.3, -0.25) is 4.79 Å². The fraction of sp³-hybridized carbons (Fsp3) is 0.190. The number of carboxylic acids is 1. The molecule has 1 heterocycles. The lowest BCUT2D eigenvalue weighted by atomic mass is 10.2. The predicted molar refractivity (Wildman–Crippen MR) is 104 cm³/mol.